The maximum absolute atomic E-state index is 14.0. The van der Waals surface area contributed by atoms with Crippen LogP contribution in [0.25, 0.3) is 11.3 Å². The molecule has 2 aromatic heterocycles. The van der Waals surface area contributed by atoms with Gasteiger partial charge in [0.25, 0.3) is 0 Å². The molecule has 4 aromatic rings. The summed E-state index contributed by atoms with van der Waals surface area (Å²) in [5.41, 5.74) is 2.00. The number of nitrogens with zero attached hydrogens (tertiary/aromatic N) is 4. The Hall–Kier alpha value is -3.53. The SMILES string of the molecule is Cn1cnc(C(CC(=O)Cn2nc(C(F)(F)F)c3c2CCCC3)Cc2cc(F)cc(F)c2)c1-c1ccc(Cl)cc1. The molecule has 0 aliphatic heterocycles. The van der Waals surface area contributed by atoms with Crippen LogP contribution in [0.4, 0.5) is 22.0 Å². The number of rotatable bonds is 8. The van der Waals surface area contributed by atoms with Crippen molar-refractivity contribution in [2.24, 2.45) is 7.05 Å². The molecule has 5 rings (SSSR count). The quantitative estimate of drug-likeness (QED) is 0.210. The molecule has 5 nitrogen and oxygen atoms in total. The number of halogens is 6. The van der Waals surface area contributed by atoms with Crippen molar-refractivity contribution >= 4 is 17.4 Å². The predicted octanol–water partition coefficient (Wildman–Crippen LogP) is 7.10. The summed E-state index contributed by atoms with van der Waals surface area (Å²) in [5, 5.41) is 4.34. The number of fused-ring (bicyclic) bond motifs is 1. The normalized spacial score (nSPS) is 14.3. The maximum Gasteiger partial charge on any atom is 0.435 e. The largest absolute Gasteiger partial charge is 0.435 e. The van der Waals surface area contributed by atoms with Gasteiger partial charge in [0.05, 0.1) is 24.3 Å². The second-order valence-corrected chi connectivity index (χ2v) is 10.6. The Morgan fingerprint density at radius 1 is 1.05 bits per heavy atom. The zero-order chi connectivity index (χ0) is 28.6. The lowest BCUT2D eigenvalue weighted by molar-refractivity contribution is -0.142. The third kappa shape index (κ3) is 5.96. The molecule has 1 atom stereocenters. The lowest BCUT2D eigenvalue weighted by Gasteiger charge is -2.19. The molecule has 1 aliphatic rings. The molecule has 0 spiro atoms. The summed E-state index contributed by atoms with van der Waals surface area (Å²) in [4.78, 5) is 18.0. The summed E-state index contributed by atoms with van der Waals surface area (Å²) in [6.07, 6.45) is -1.02. The van der Waals surface area contributed by atoms with E-state index in [4.69, 9.17) is 11.6 Å². The van der Waals surface area contributed by atoms with Crippen LogP contribution >= 0.6 is 11.6 Å². The van der Waals surface area contributed by atoms with Crippen LogP contribution in [0.3, 0.4) is 0 Å². The van der Waals surface area contributed by atoms with E-state index in [1.54, 1.807) is 42.2 Å². The van der Waals surface area contributed by atoms with Gasteiger partial charge in [-0.25, -0.2) is 13.8 Å². The number of aryl methyl sites for hydroxylation is 1. The van der Waals surface area contributed by atoms with Crippen LogP contribution in [0.15, 0.2) is 48.8 Å². The van der Waals surface area contributed by atoms with Crippen molar-refractivity contribution in [1.82, 2.24) is 19.3 Å². The van der Waals surface area contributed by atoms with Crippen LogP contribution < -0.4 is 0 Å². The number of Topliss-reactive ketones (excluding diaryl/α,β-unsaturated/α-hetero) is 1. The minimum absolute atomic E-state index is 0.0863. The number of hydrogen-bond donors (Lipinski definition) is 0. The van der Waals surface area contributed by atoms with Gasteiger partial charge in [0.1, 0.15) is 11.6 Å². The first-order valence-corrected chi connectivity index (χ1v) is 13.3. The van der Waals surface area contributed by atoms with Gasteiger partial charge in [-0.15, -0.1) is 0 Å². The average Bonchev–Trinajstić information content (AvgIpc) is 3.44. The molecular weight excluding hydrogens is 551 g/mol. The summed E-state index contributed by atoms with van der Waals surface area (Å²) in [6.45, 7) is -0.338. The van der Waals surface area contributed by atoms with Gasteiger partial charge in [-0.05, 0) is 61.9 Å². The van der Waals surface area contributed by atoms with E-state index < -0.39 is 29.4 Å². The molecule has 2 heterocycles. The minimum atomic E-state index is -4.61. The maximum atomic E-state index is 14.0. The van der Waals surface area contributed by atoms with Crippen molar-refractivity contribution in [1.29, 1.82) is 0 Å². The number of carbonyl (C=O) groups excluding carboxylic acids is 1. The second-order valence-electron chi connectivity index (χ2n) is 10.2. The van der Waals surface area contributed by atoms with E-state index in [9.17, 15) is 26.7 Å². The van der Waals surface area contributed by atoms with Crippen molar-refractivity contribution in [2.75, 3.05) is 0 Å². The molecule has 40 heavy (non-hydrogen) atoms. The van der Waals surface area contributed by atoms with E-state index in [-0.39, 0.29) is 37.2 Å². The fraction of sp³-hybridized carbons (Fsp3) is 0.345. The van der Waals surface area contributed by atoms with Crippen molar-refractivity contribution in [3.63, 3.8) is 0 Å². The van der Waals surface area contributed by atoms with Crippen LogP contribution in [0.1, 0.15) is 53.4 Å². The molecule has 0 saturated carbocycles. The minimum Gasteiger partial charge on any atom is -0.334 e. The number of ketones is 1. The van der Waals surface area contributed by atoms with E-state index in [0.29, 0.717) is 40.5 Å². The summed E-state index contributed by atoms with van der Waals surface area (Å²) in [6, 6.07) is 10.2. The van der Waals surface area contributed by atoms with Crippen molar-refractivity contribution in [2.45, 2.75) is 57.2 Å². The smallest absolute Gasteiger partial charge is 0.334 e. The van der Waals surface area contributed by atoms with Gasteiger partial charge >= 0.3 is 6.18 Å². The Labute approximate surface area is 232 Å². The molecule has 2 aromatic carbocycles. The molecular formula is C29H26ClF5N4O. The molecule has 0 fully saturated rings. The Morgan fingerprint density at radius 2 is 1.73 bits per heavy atom. The van der Waals surface area contributed by atoms with E-state index >= 15 is 0 Å². The Bertz CT molecular complexity index is 1520. The first-order valence-electron chi connectivity index (χ1n) is 12.9. The van der Waals surface area contributed by atoms with Gasteiger partial charge < -0.3 is 4.57 Å². The number of alkyl halides is 3. The highest BCUT2D eigenvalue weighted by Gasteiger charge is 2.39. The zero-order valence-corrected chi connectivity index (χ0v) is 22.4. The first-order chi connectivity index (χ1) is 19.0. The Kier molecular flexibility index (Phi) is 7.81. The highest BCUT2D eigenvalue weighted by Crippen LogP contribution is 2.37. The van der Waals surface area contributed by atoms with Crippen LogP contribution in [0.5, 0.6) is 0 Å². The number of benzene rings is 2. The van der Waals surface area contributed by atoms with Gasteiger partial charge in [0, 0.05) is 47.3 Å². The summed E-state index contributed by atoms with van der Waals surface area (Å²) in [5.74, 6) is -2.48. The Morgan fingerprint density at radius 3 is 2.40 bits per heavy atom. The van der Waals surface area contributed by atoms with E-state index in [1.807, 2.05) is 0 Å². The molecule has 1 aliphatic carbocycles. The standard InChI is InChI=1S/C29H26ClF5N4O/c1-38-16-36-26(27(38)18-6-8-20(30)9-7-18)19(10-17-11-21(31)14-22(32)12-17)13-23(40)15-39-25-5-3-2-4-24(25)28(37-39)29(33,34)35/h6-9,11-12,14,16,19H,2-5,10,13,15H2,1H3. The number of carbonyl (C=O) groups is 1. The van der Waals surface area contributed by atoms with Crippen LogP contribution in [-0.2, 0) is 43.8 Å². The molecule has 210 valence electrons. The Balaban J connectivity index is 1.49. The second kappa shape index (κ2) is 11.2. The third-order valence-electron chi connectivity index (χ3n) is 7.20. The van der Waals surface area contributed by atoms with Crippen molar-refractivity contribution in [3.05, 3.63) is 93.7 Å². The van der Waals surface area contributed by atoms with E-state index in [1.165, 1.54) is 16.8 Å². The van der Waals surface area contributed by atoms with Crippen molar-refractivity contribution < 1.29 is 26.7 Å². The molecule has 1 unspecified atom stereocenters. The molecule has 11 heteroatoms. The lowest BCUT2D eigenvalue weighted by atomic mass is 9.88. The van der Waals surface area contributed by atoms with E-state index in [0.717, 1.165) is 18.1 Å². The first kappa shape index (κ1) is 28.0. The fourth-order valence-corrected chi connectivity index (χ4v) is 5.65. The molecule has 0 radical (unpaired) electrons. The molecule has 0 N–H and O–H groups in total. The van der Waals surface area contributed by atoms with Crippen molar-refractivity contribution in [3.8, 4) is 11.3 Å². The topological polar surface area (TPSA) is 52.7 Å². The van der Waals surface area contributed by atoms with Crippen LogP contribution in [0, 0.1) is 11.6 Å². The number of aromatic nitrogens is 4. The lowest BCUT2D eigenvalue weighted by Crippen LogP contribution is -2.19. The molecule has 0 bridgehead atoms. The average molecular weight is 577 g/mol. The van der Waals surface area contributed by atoms with Gasteiger partial charge in [-0.1, -0.05) is 23.7 Å². The van der Waals surface area contributed by atoms with Gasteiger partial charge in [-0.2, -0.15) is 18.3 Å². The van der Waals surface area contributed by atoms with E-state index in [2.05, 4.69) is 10.1 Å². The fourth-order valence-electron chi connectivity index (χ4n) is 5.52. The van der Waals surface area contributed by atoms with Gasteiger partial charge in [0.2, 0.25) is 0 Å². The van der Waals surface area contributed by atoms with Crippen LogP contribution in [-0.4, -0.2) is 25.1 Å². The zero-order valence-electron chi connectivity index (χ0n) is 21.6. The highest BCUT2D eigenvalue weighted by molar-refractivity contribution is 6.30. The summed E-state index contributed by atoms with van der Waals surface area (Å²) < 4.78 is 72.0. The monoisotopic (exact) mass is 576 g/mol. The summed E-state index contributed by atoms with van der Waals surface area (Å²) in [7, 11) is 1.79. The van der Waals surface area contributed by atoms with Crippen LogP contribution in [0.2, 0.25) is 5.02 Å². The molecule has 0 saturated heterocycles. The van der Waals surface area contributed by atoms with Gasteiger partial charge in [-0.3, -0.25) is 9.48 Å². The number of imidazole rings is 1. The highest BCUT2D eigenvalue weighted by atomic mass is 35.5. The molecule has 0 amide bonds. The third-order valence-corrected chi connectivity index (χ3v) is 7.45. The predicted molar refractivity (Wildman–Crippen MR) is 140 cm³/mol. The number of hydrogen-bond acceptors (Lipinski definition) is 3. The summed E-state index contributed by atoms with van der Waals surface area (Å²) >= 11 is 6.06. The van der Waals surface area contributed by atoms with Gasteiger partial charge in [0.15, 0.2) is 11.5 Å².